The Kier molecular flexibility index (Phi) is 7.83. The number of pyridine rings is 1. The Bertz CT molecular complexity index is 1660. The zero-order chi connectivity index (χ0) is 28.3. The first-order valence-corrected chi connectivity index (χ1v) is 11.7. The number of carboxylic acid groups (broad SMARTS) is 1. The molecular weight excluding hydrogens is 532 g/mol. The second-order valence-corrected chi connectivity index (χ2v) is 8.73. The molecule has 0 aliphatic carbocycles. The second-order valence-electron chi connectivity index (χ2n) is 8.32. The number of fused-ring (bicyclic) bond motifs is 1. The number of carbonyl (C=O) groups is 3. The summed E-state index contributed by atoms with van der Waals surface area (Å²) in [5, 5.41) is 12.2. The molecule has 3 aromatic carbocycles. The summed E-state index contributed by atoms with van der Waals surface area (Å²) in [6.45, 7) is 7.16. The van der Waals surface area contributed by atoms with Gasteiger partial charge in [-0.3, -0.25) is 9.78 Å². The van der Waals surface area contributed by atoms with Gasteiger partial charge in [0.05, 0.1) is 24.8 Å². The van der Waals surface area contributed by atoms with E-state index >= 15 is 0 Å². The number of aromatic carboxylic acids is 1. The van der Waals surface area contributed by atoms with E-state index in [1.807, 2.05) is 0 Å². The van der Waals surface area contributed by atoms with E-state index in [4.69, 9.17) is 28.0 Å². The molecule has 0 aliphatic rings. The lowest BCUT2D eigenvalue weighted by Gasteiger charge is -2.19. The van der Waals surface area contributed by atoms with E-state index in [9.17, 15) is 23.2 Å². The maximum Gasteiger partial charge on any atom is 0.335 e. The molecule has 0 saturated heterocycles. The number of hydrogen-bond acceptors (Lipinski definition) is 5. The zero-order valence-corrected chi connectivity index (χ0v) is 20.9. The molecule has 1 aromatic heterocycles. The van der Waals surface area contributed by atoms with Crippen molar-refractivity contribution in [3.63, 3.8) is 0 Å². The Labute approximate surface area is 225 Å². The van der Waals surface area contributed by atoms with E-state index in [0.717, 1.165) is 7.11 Å². The van der Waals surface area contributed by atoms with Crippen LogP contribution in [0.3, 0.4) is 0 Å². The fourth-order valence-electron chi connectivity index (χ4n) is 4.12. The van der Waals surface area contributed by atoms with Crippen molar-refractivity contribution >= 4 is 46.0 Å². The highest BCUT2D eigenvalue weighted by atomic mass is 35.5. The number of amides is 1. The van der Waals surface area contributed by atoms with Crippen molar-refractivity contribution in [3.8, 4) is 11.1 Å². The van der Waals surface area contributed by atoms with Gasteiger partial charge in [0.15, 0.2) is 5.69 Å². The molecule has 0 spiro atoms. The number of esters is 1. The van der Waals surface area contributed by atoms with E-state index in [-0.39, 0.29) is 6.42 Å². The van der Waals surface area contributed by atoms with Crippen LogP contribution >= 0.6 is 11.6 Å². The number of nitrogens with one attached hydrogen (secondary N) is 1. The first-order chi connectivity index (χ1) is 18.6. The number of ether oxygens (including phenoxy) is 1. The summed E-state index contributed by atoms with van der Waals surface area (Å²) in [7, 11) is 1.10. The Morgan fingerprint density at radius 1 is 1.10 bits per heavy atom. The number of methoxy groups -OCH3 is 1. The van der Waals surface area contributed by atoms with Crippen LogP contribution in [-0.4, -0.2) is 41.1 Å². The van der Waals surface area contributed by atoms with Gasteiger partial charge in [0.1, 0.15) is 23.2 Å². The molecule has 0 saturated carbocycles. The quantitative estimate of drug-likeness (QED) is 0.229. The molecule has 0 fully saturated rings. The van der Waals surface area contributed by atoms with Gasteiger partial charge in [-0.05, 0) is 35.4 Å². The van der Waals surface area contributed by atoms with Crippen LogP contribution in [0.2, 0.25) is 5.02 Å². The van der Waals surface area contributed by atoms with Gasteiger partial charge in [0.2, 0.25) is 0 Å². The summed E-state index contributed by atoms with van der Waals surface area (Å²) in [4.78, 5) is 44.2. The second kappa shape index (κ2) is 11.2. The lowest BCUT2D eigenvalue weighted by molar-refractivity contribution is -0.142. The van der Waals surface area contributed by atoms with Gasteiger partial charge in [-0.25, -0.2) is 23.2 Å². The minimum Gasteiger partial charge on any atom is -0.478 e. The van der Waals surface area contributed by atoms with Crippen molar-refractivity contribution in [3.05, 3.63) is 106 Å². The van der Waals surface area contributed by atoms with Crippen LogP contribution in [-0.2, 0) is 16.0 Å². The maximum absolute atomic E-state index is 14.5. The molecule has 0 aliphatic heterocycles. The van der Waals surface area contributed by atoms with Crippen LogP contribution in [0.25, 0.3) is 26.9 Å². The fourth-order valence-corrected chi connectivity index (χ4v) is 4.40. The van der Waals surface area contributed by atoms with Crippen molar-refractivity contribution < 1.29 is 33.0 Å². The van der Waals surface area contributed by atoms with Gasteiger partial charge in [0, 0.05) is 28.6 Å². The number of hydrogen-bond donors (Lipinski definition) is 2. The summed E-state index contributed by atoms with van der Waals surface area (Å²) in [6, 6.07) is 11.4. The average molecular weight is 550 g/mol. The number of nitrogens with zero attached hydrogens (tertiary/aromatic N) is 2. The Morgan fingerprint density at radius 3 is 2.41 bits per heavy atom. The number of benzene rings is 3. The van der Waals surface area contributed by atoms with Gasteiger partial charge in [-0.1, -0.05) is 41.9 Å². The number of halogens is 3. The van der Waals surface area contributed by atoms with Crippen LogP contribution in [0.15, 0.2) is 60.8 Å². The van der Waals surface area contributed by atoms with Crippen molar-refractivity contribution in [2.24, 2.45) is 0 Å². The lowest BCUT2D eigenvalue weighted by Crippen LogP contribution is -2.43. The largest absolute Gasteiger partial charge is 0.478 e. The van der Waals surface area contributed by atoms with E-state index in [0.29, 0.717) is 50.4 Å². The fraction of sp³-hybridized carbons (Fsp3) is 0.107. The molecule has 0 bridgehead atoms. The maximum atomic E-state index is 14.5. The van der Waals surface area contributed by atoms with Crippen LogP contribution in [0.4, 0.5) is 14.5 Å². The summed E-state index contributed by atoms with van der Waals surface area (Å²) in [5.41, 5.74) is 1.06. The molecule has 0 radical (unpaired) electrons. The molecule has 1 amide bonds. The SMILES string of the molecule is [C-]#[N+]c1ccc(-c2ccc(C[C@H](NC(=O)c3c(F)cc(C(=O)O)cc3F)C(=O)OC)c3cccnc23)c(Cl)c1. The molecule has 4 aromatic rings. The Balaban J connectivity index is 1.71. The molecule has 196 valence electrons. The van der Waals surface area contributed by atoms with Crippen LogP contribution in [0, 0.1) is 18.2 Å². The Morgan fingerprint density at radius 2 is 1.79 bits per heavy atom. The molecule has 8 nitrogen and oxygen atoms in total. The van der Waals surface area contributed by atoms with Gasteiger partial charge < -0.3 is 15.2 Å². The van der Waals surface area contributed by atoms with E-state index in [1.165, 1.54) is 6.07 Å². The molecular formula is C28H18ClF2N3O5. The van der Waals surface area contributed by atoms with Gasteiger partial charge >= 0.3 is 11.9 Å². The molecule has 1 heterocycles. The van der Waals surface area contributed by atoms with Gasteiger partial charge in [-0.2, -0.15) is 0 Å². The number of rotatable bonds is 7. The highest BCUT2D eigenvalue weighted by Crippen LogP contribution is 2.36. The minimum atomic E-state index is -1.57. The minimum absolute atomic E-state index is 0.123. The zero-order valence-electron chi connectivity index (χ0n) is 20.2. The van der Waals surface area contributed by atoms with Crippen LogP contribution in [0.1, 0.15) is 26.3 Å². The first-order valence-electron chi connectivity index (χ1n) is 11.3. The highest BCUT2D eigenvalue weighted by Gasteiger charge is 2.28. The van der Waals surface area contributed by atoms with Crippen molar-refractivity contribution in [1.29, 1.82) is 0 Å². The summed E-state index contributed by atoms with van der Waals surface area (Å²) in [5.74, 6) is -6.49. The average Bonchev–Trinajstić information content (AvgIpc) is 2.92. The summed E-state index contributed by atoms with van der Waals surface area (Å²) >= 11 is 6.42. The third-order valence-corrected chi connectivity index (χ3v) is 6.28. The number of carboxylic acids is 1. The topological polar surface area (TPSA) is 110 Å². The number of carbonyl (C=O) groups excluding carboxylic acids is 2. The monoisotopic (exact) mass is 549 g/mol. The van der Waals surface area contributed by atoms with E-state index < -0.39 is 46.6 Å². The lowest BCUT2D eigenvalue weighted by atomic mass is 9.95. The smallest absolute Gasteiger partial charge is 0.335 e. The van der Waals surface area contributed by atoms with Crippen molar-refractivity contribution in [2.45, 2.75) is 12.5 Å². The highest BCUT2D eigenvalue weighted by molar-refractivity contribution is 6.34. The first kappa shape index (κ1) is 27.2. The molecule has 1 atom stereocenters. The normalized spacial score (nSPS) is 11.5. The predicted octanol–water partition coefficient (Wildman–Crippen LogP) is 5.60. The molecule has 0 unspecified atom stereocenters. The van der Waals surface area contributed by atoms with Crippen molar-refractivity contribution in [1.82, 2.24) is 10.3 Å². The van der Waals surface area contributed by atoms with E-state index in [2.05, 4.69) is 15.1 Å². The molecule has 11 heteroatoms. The third kappa shape index (κ3) is 5.54. The molecule has 4 rings (SSSR count). The standard InChI is InChI=1S/C28H18ClF2N3O5/c1-32-16-6-8-18(20(29)13-16)19-7-5-14(17-4-3-9-33-25(17)19)12-23(28(38)39-2)34-26(35)24-21(30)10-15(27(36)37)11-22(24)31/h3-11,13,23H,12H2,2H3,(H,34,35)(H,36,37)/t23-/m0/s1. The third-order valence-electron chi connectivity index (χ3n) is 5.96. The van der Waals surface area contributed by atoms with Gasteiger partial charge in [-0.15, -0.1) is 0 Å². The summed E-state index contributed by atoms with van der Waals surface area (Å²) < 4.78 is 33.7. The van der Waals surface area contributed by atoms with Gasteiger partial charge in [0.25, 0.3) is 5.91 Å². The Hall–Kier alpha value is -4.88. The van der Waals surface area contributed by atoms with Crippen molar-refractivity contribution in [2.75, 3.05) is 7.11 Å². The van der Waals surface area contributed by atoms with Crippen LogP contribution in [0.5, 0.6) is 0 Å². The summed E-state index contributed by atoms with van der Waals surface area (Å²) in [6.07, 6.45) is 1.45. The molecule has 39 heavy (non-hydrogen) atoms. The molecule has 2 N–H and O–H groups in total. The number of aromatic nitrogens is 1. The predicted molar refractivity (Wildman–Crippen MR) is 139 cm³/mol. The van der Waals surface area contributed by atoms with Crippen LogP contribution < -0.4 is 5.32 Å². The van der Waals surface area contributed by atoms with E-state index in [1.54, 1.807) is 42.6 Å².